The van der Waals surface area contributed by atoms with Crippen LogP contribution in [0.1, 0.15) is 126 Å². The third-order valence-electron chi connectivity index (χ3n) is 29.1. The van der Waals surface area contributed by atoms with Gasteiger partial charge in [0.15, 0.2) is 0 Å². The van der Waals surface area contributed by atoms with Crippen molar-refractivity contribution in [2.45, 2.75) is 108 Å². The zero-order valence-electron chi connectivity index (χ0n) is 73.4. The largest absolute Gasteiger partial charge is 0.310 e. The normalized spacial score (nSPS) is 15.0. The van der Waals surface area contributed by atoms with Crippen LogP contribution in [0.3, 0.4) is 0 Å². The van der Waals surface area contributed by atoms with E-state index < -0.39 is 5.41 Å². The van der Waals surface area contributed by atoms with Crippen molar-refractivity contribution in [3.05, 3.63) is 457 Å². The lowest BCUT2D eigenvalue weighted by Crippen LogP contribution is -2.35. The molecule has 0 unspecified atom stereocenters. The fourth-order valence-electron chi connectivity index (χ4n) is 22.5. The van der Waals surface area contributed by atoms with Crippen molar-refractivity contribution in [1.82, 2.24) is 9.13 Å². The van der Waals surface area contributed by atoms with Crippen LogP contribution in [0.2, 0.25) is 0 Å². The third kappa shape index (κ3) is 12.6. The van der Waals surface area contributed by atoms with E-state index in [0.717, 1.165) is 70.2 Å². The van der Waals surface area contributed by atoms with Crippen LogP contribution in [0, 0.1) is 0 Å². The van der Waals surface area contributed by atoms with Crippen molar-refractivity contribution >= 4 is 88.5 Å². The molecule has 127 heavy (non-hydrogen) atoms. The summed E-state index contributed by atoms with van der Waals surface area (Å²) in [5.74, 6) is 0. The van der Waals surface area contributed by atoms with Gasteiger partial charge in [0.1, 0.15) is 0 Å². The van der Waals surface area contributed by atoms with Crippen LogP contribution in [0.5, 0.6) is 0 Å². The van der Waals surface area contributed by atoms with Gasteiger partial charge in [-0.25, -0.2) is 0 Å². The zero-order chi connectivity index (χ0) is 85.7. The van der Waals surface area contributed by atoms with Gasteiger partial charge in [-0.05, 0) is 279 Å². The summed E-state index contributed by atoms with van der Waals surface area (Å²) in [6.07, 6.45) is 4.59. The van der Waals surface area contributed by atoms with Crippen molar-refractivity contribution < 1.29 is 0 Å². The molecule has 3 aliphatic carbocycles. The monoisotopic (exact) mass is 1630 g/mol. The highest BCUT2D eigenvalue weighted by molar-refractivity contribution is 6.13. The van der Waals surface area contributed by atoms with Crippen molar-refractivity contribution in [2.24, 2.45) is 0 Å². The molecule has 0 radical (unpaired) electrons. The zero-order valence-corrected chi connectivity index (χ0v) is 73.4. The SMILES string of the molecule is CC1(C)CCC(C)(C)c2c(-c3cccc(-n4c5ccccc5c5ccc(N(c6ccc(-c7ccccc7)cc6)c6ccc(-c7ccc(-c8ccc9c(c8)-c8ccc(N(c%10ccc(-c%11ccccc%11)cc%10)c%10ccc%11c%12ccccc%12n(-c%12cccc%13c%12C(C)(C)CCC%13(C)C)c%11c%10)cc8C9(c8ccccc8)c8ccccc8)c8ccccc78)cc6)cc54)c3)cccc21. The highest BCUT2D eigenvalue weighted by Gasteiger charge is 2.48. The van der Waals surface area contributed by atoms with E-state index in [1.807, 2.05) is 0 Å². The van der Waals surface area contributed by atoms with E-state index in [2.05, 4.69) is 487 Å². The van der Waals surface area contributed by atoms with Gasteiger partial charge in [-0.1, -0.05) is 359 Å². The van der Waals surface area contributed by atoms with Gasteiger partial charge in [0.25, 0.3) is 0 Å². The molecule has 0 atom stereocenters. The van der Waals surface area contributed by atoms with Gasteiger partial charge in [-0.15, -0.1) is 0 Å². The van der Waals surface area contributed by atoms with Gasteiger partial charge >= 0.3 is 0 Å². The second-order valence-electron chi connectivity index (χ2n) is 38.3. The molecule has 4 heteroatoms. The van der Waals surface area contributed by atoms with Crippen LogP contribution in [0.25, 0.3) is 133 Å². The standard InChI is InChI=1S/C123H100N4/c1-119(2)72-74-121(5,6)117-99(44-28-45-109(117)119)86-34-27-39-93(76-86)126-112-47-25-23-42-103(112)105-67-64-95(79-115(105)126)124(90-57-50-83(51-58-90)81-30-13-9-14-31-81)91-61-54-85(55-62-91)97-69-70-98(101-41-22-21-40-100(97)101)87-56-71-108-107(77-87)102-66-63-94(78-111(102)123(108,88-35-17-11-18-36-88)89-37-19-12-20-38-89)125(92-59-52-84(53-60-92)82-32-15-10-16-33-82)96-65-68-106-104-43-24-26-48-113(104)127(116(106)80-96)114-49-29-46-110-118(114)122(7,8)75-73-120(110,3)4/h9-71,76-80H,72-75H2,1-8H3. The molecular weight excluding hydrogens is 1530 g/mol. The molecule has 612 valence electrons. The van der Waals surface area contributed by atoms with Gasteiger partial charge in [0.2, 0.25) is 0 Å². The van der Waals surface area contributed by atoms with Gasteiger partial charge in [-0.3, -0.25) is 0 Å². The highest BCUT2D eigenvalue weighted by Crippen LogP contribution is 2.60. The molecule has 0 aliphatic heterocycles. The Morgan fingerprint density at radius 2 is 0.583 bits per heavy atom. The first-order valence-corrected chi connectivity index (χ1v) is 45.4. The molecule has 2 aromatic heterocycles. The van der Waals surface area contributed by atoms with E-state index >= 15 is 0 Å². The first-order chi connectivity index (χ1) is 62.0. The Labute approximate surface area is 745 Å². The smallest absolute Gasteiger partial charge is 0.0714 e. The van der Waals surface area contributed by atoms with Gasteiger partial charge in [0.05, 0.1) is 33.2 Å². The summed E-state index contributed by atoms with van der Waals surface area (Å²) in [5, 5.41) is 7.32. The Bertz CT molecular complexity index is 7680. The quantitative estimate of drug-likeness (QED) is 0.102. The molecule has 0 bridgehead atoms. The molecule has 18 aromatic carbocycles. The molecule has 0 amide bonds. The molecule has 0 fully saturated rings. The average Bonchev–Trinajstić information content (AvgIpc) is 1.53. The maximum Gasteiger partial charge on any atom is 0.0714 e. The van der Waals surface area contributed by atoms with Crippen LogP contribution >= 0.6 is 0 Å². The van der Waals surface area contributed by atoms with E-state index in [0.29, 0.717) is 0 Å². The van der Waals surface area contributed by atoms with Crippen molar-refractivity contribution in [1.29, 1.82) is 0 Å². The topological polar surface area (TPSA) is 16.3 Å². The molecular formula is C123H100N4. The molecule has 2 heterocycles. The number of benzene rings is 18. The molecule has 0 spiro atoms. The van der Waals surface area contributed by atoms with Crippen molar-refractivity contribution in [3.63, 3.8) is 0 Å². The van der Waals surface area contributed by atoms with Crippen LogP contribution < -0.4 is 9.80 Å². The first kappa shape index (κ1) is 77.2. The number of fused-ring (bicyclic) bond motifs is 12. The lowest BCUT2D eigenvalue weighted by Gasteiger charge is -2.43. The number of anilines is 6. The van der Waals surface area contributed by atoms with Crippen LogP contribution in [-0.4, -0.2) is 9.13 Å². The highest BCUT2D eigenvalue weighted by atomic mass is 15.2. The number of hydrogen-bond acceptors (Lipinski definition) is 2. The Kier molecular flexibility index (Phi) is 18.1. The number of para-hydroxylation sites is 2. The van der Waals surface area contributed by atoms with Crippen LogP contribution in [0.4, 0.5) is 34.1 Å². The van der Waals surface area contributed by atoms with Gasteiger partial charge in [0, 0.05) is 61.4 Å². The molecule has 0 saturated heterocycles. The fourth-order valence-corrected chi connectivity index (χ4v) is 22.5. The number of aromatic nitrogens is 2. The van der Waals surface area contributed by atoms with E-state index in [-0.39, 0.29) is 21.7 Å². The first-order valence-electron chi connectivity index (χ1n) is 45.4. The number of hydrogen-bond donors (Lipinski definition) is 0. The summed E-state index contributed by atoms with van der Waals surface area (Å²) in [5.41, 5.74) is 38.2. The second kappa shape index (κ2) is 29.8. The summed E-state index contributed by atoms with van der Waals surface area (Å²) >= 11 is 0. The number of rotatable bonds is 15. The molecule has 0 saturated carbocycles. The number of nitrogens with zero attached hydrogens (tertiary/aromatic N) is 4. The Hall–Kier alpha value is -14.6. The molecule has 3 aliphatic rings. The summed E-state index contributed by atoms with van der Waals surface area (Å²) in [6, 6.07) is 156. The van der Waals surface area contributed by atoms with Crippen molar-refractivity contribution in [3.8, 4) is 78.1 Å². The van der Waals surface area contributed by atoms with Gasteiger partial charge < -0.3 is 18.9 Å². The molecule has 4 nitrogen and oxygen atoms in total. The molecule has 23 rings (SSSR count). The maximum absolute atomic E-state index is 2.59. The van der Waals surface area contributed by atoms with Gasteiger partial charge in [-0.2, -0.15) is 0 Å². The van der Waals surface area contributed by atoms with E-state index in [9.17, 15) is 0 Å². The summed E-state index contributed by atoms with van der Waals surface area (Å²) in [7, 11) is 0. The minimum atomic E-state index is -0.703. The van der Waals surface area contributed by atoms with E-state index in [1.54, 1.807) is 0 Å². The summed E-state index contributed by atoms with van der Waals surface area (Å²) in [4.78, 5) is 4.95. The summed E-state index contributed by atoms with van der Waals surface area (Å²) < 4.78 is 5.09. The van der Waals surface area contributed by atoms with Crippen LogP contribution in [-0.2, 0) is 27.1 Å². The van der Waals surface area contributed by atoms with E-state index in [4.69, 9.17) is 0 Å². The lowest BCUT2D eigenvalue weighted by molar-refractivity contribution is 0.331. The minimum absolute atomic E-state index is 0.0339. The third-order valence-corrected chi connectivity index (χ3v) is 29.1. The predicted octanol–water partition coefficient (Wildman–Crippen LogP) is 33.4. The average molecular weight is 1630 g/mol. The Morgan fingerprint density at radius 3 is 1.14 bits per heavy atom. The maximum atomic E-state index is 2.59. The fraction of sp³-hybridized carbons (Fsp3) is 0.138. The van der Waals surface area contributed by atoms with E-state index in [1.165, 1.54) is 167 Å². The van der Waals surface area contributed by atoms with Crippen LogP contribution in [0.15, 0.2) is 413 Å². The van der Waals surface area contributed by atoms with Crippen molar-refractivity contribution in [2.75, 3.05) is 9.80 Å². The second-order valence-corrected chi connectivity index (χ2v) is 38.3. The lowest BCUT2D eigenvalue weighted by atomic mass is 9.61. The summed E-state index contributed by atoms with van der Waals surface area (Å²) in [6.45, 7) is 19.5. The molecule has 0 N–H and O–H groups in total. The Balaban J connectivity index is 0.648. The predicted molar refractivity (Wildman–Crippen MR) is 537 cm³/mol. The molecule has 20 aromatic rings. The Morgan fingerprint density at radius 1 is 0.205 bits per heavy atom. The minimum Gasteiger partial charge on any atom is -0.310 e.